The van der Waals surface area contributed by atoms with Crippen molar-refractivity contribution in [3.8, 4) is 0 Å². The summed E-state index contributed by atoms with van der Waals surface area (Å²) in [5.74, 6) is 0. The number of hydrogen-bond donors (Lipinski definition) is 0. The van der Waals surface area contributed by atoms with Gasteiger partial charge in [-0.2, -0.15) is 5.10 Å². The lowest BCUT2D eigenvalue weighted by molar-refractivity contribution is -0.0368. The molecular formula is C13H15BrN2O. The van der Waals surface area contributed by atoms with Gasteiger partial charge in [-0.05, 0) is 54.2 Å². The molecule has 2 heterocycles. The maximum Gasteiger partial charge on any atom is 0.150 e. The van der Waals surface area contributed by atoms with E-state index in [-0.39, 0.29) is 6.23 Å². The lowest BCUT2D eigenvalue weighted by Gasteiger charge is -2.23. The van der Waals surface area contributed by atoms with Crippen LogP contribution in [0, 0.1) is 6.92 Å². The SMILES string of the molecule is Cc1ccc2c(c1)c(Br)nn2C1CCCCO1. The van der Waals surface area contributed by atoms with Gasteiger partial charge in [0.1, 0.15) is 4.60 Å². The third kappa shape index (κ3) is 2.00. The largest absolute Gasteiger partial charge is 0.356 e. The van der Waals surface area contributed by atoms with E-state index in [1.807, 2.05) is 4.68 Å². The molecule has 0 aliphatic carbocycles. The van der Waals surface area contributed by atoms with Gasteiger partial charge in [0, 0.05) is 12.0 Å². The Labute approximate surface area is 109 Å². The maximum atomic E-state index is 5.80. The molecule has 1 aromatic heterocycles. The minimum Gasteiger partial charge on any atom is -0.356 e. The predicted molar refractivity (Wildman–Crippen MR) is 71.0 cm³/mol. The van der Waals surface area contributed by atoms with E-state index in [0.29, 0.717) is 0 Å². The van der Waals surface area contributed by atoms with E-state index in [4.69, 9.17) is 4.74 Å². The lowest BCUT2D eigenvalue weighted by atomic mass is 10.1. The summed E-state index contributed by atoms with van der Waals surface area (Å²) in [7, 11) is 0. The van der Waals surface area contributed by atoms with E-state index in [1.165, 1.54) is 17.4 Å². The number of rotatable bonds is 1. The van der Waals surface area contributed by atoms with Crippen molar-refractivity contribution < 1.29 is 4.74 Å². The molecule has 0 amide bonds. The number of nitrogens with zero attached hydrogens (tertiary/aromatic N) is 2. The summed E-state index contributed by atoms with van der Waals surface area (Å²) in [5, 5.41) is 5.73. The van der Waals surface area contributed by atoms with Crippen LogP contribution in [0.4, 0.5) is 0 Å². The number of fused-ring (bicyclic) bond motifs is 1. The summed E-state index contributed by atoms with van der Waals surface area (Å²) in [5.41, 5.74) is 2.40. The minimum atomic E-state index is 0.0975. The molecule has 1 unspecified atom stereocenters. The third-order valence-electron chi connectivity index (χ3n) is 3.25. The van der Waals surface area contributed by atoms with E-state index >= 15 is 0 Å². The maximum absolute atomic E-state index is 5.80. The normalized spacial score (nSPS) is 20.9. The molecule has 1 aliphatic heterocycles. The number of hydrogen-bond acceptors (Lipinski definition) is 2. The third-order valence-corrected chi connectivity index (χ3v) is 3.83. The second kappa shape index (κ2) is 4.42. The summed E-state index contributed by atoms with van der Waals surface area (Å²) in [4.78, 5) is 0. The van der Waals surface area contributed by atoms with Crippen LogP contribution in [0.5, 0.6) is 0 Å². The van der Waals surface area contributed by atoms with E-state index < -0.39 is 0 Å². The van der Waals surface area contributed by atoms with Crippen molar-refractivity contribution in [2.75, 3.05) is 6.61 Å². The Morgan fingerprint density at radius 1 is 1.41 bits per heavy atom. The molecule has 1 atom stereocenters. The highest BCUT2D eigenvalue weighted by Gasteiger charge is 2.20. The zero-order chi connectivity index (χ0) is 11.8. The molecule has 0 radical (unpaired) electrons. The van der Waals surface area contributed by atoms with E-state index in [1.54, 1.807) is 0 Å². The van der Waals surface area contributed by atoms with Crippen LogP contribution in [0.15, 0.2) is 22.8 Å². The molecule has 1 fully saturated rings. The summed E-state index contributed by atoms with van der Waals surface area (Å²) in [6.45, 7) is 2.94. The van der Waals surface area contributed by atoms with Gasteiger partial charge in [-0.15, -0.1) is 0 Å². The molecule has 90 valence electrons. The highest BCUT2D eigenvalue weighted by Crippen LogP contribution is 2.30. The van der Waals surface area contributed by atoms with Crippen molar-refractivity contribution in [3.63, 3.8) is 0 Å². The molecule has 17 heavy (non-hydrogen) atoms. The Morgan fingerprint density at radius 3 is 3.06 bits per heavy atom. The first-order valence-electron chi connectivity index (χ1n) is 6.02. The Balaban J connectivity index is 2.10. The van der Waals surface area contributed by atoms with Gasteiger partial charge in [-0.3, -0.25) is 0 Å². The zero-order valence-corrected chi connectivity index (χ0v) is 11.4. The van der Waals surface area contributed by atoms with Crippen molar-refractivity contribution in [2.45, 2.75) is 32.4 Å². The Bertz CT molecular complexity index is 544. The molecule has 1 saturated heterocycles. The molecule has 3 nitrogen and oxygen atoms in total. The molecule has 0 bridgehead atoms. The van der Waals surface area contributed by atoms with Crippen LogP contribution in [0.25, 0.3) is 10.9 Å². The van der Waals surface area contributed by atoms with Crippen LogP contribution < -0.4 is 0 Å². The fraction of sp³-hybridized carbons (Fsp3) is 0.462. The highest BCUT2D eigenvalue weighted by molar-refractivity contribution is 9.10. The van der Waals surface area contributed by atoms with Crippen molar-refractivity contribution in [2.24, 2.45) is 0 Å². The van der Waals surface area contributed by atoms with E-state index in [0.717, 1.165) is 29.6 Å². The van der Waals surface area contributed by atoms with E-state index in [2.05, 4.69) is 46.2 Å². The quantitative estimate of drug-likeness (QED) is 0.800. The van der Waals surface area contributed by atoms with Gasteiger partial charge in [0.05, 0.1) is 5.52 Å². The minimum absolute atomic E-state index is 0.0975. The first kappa shape index (κ1) is 11.2. The average Bonchev–Trinajstić information content (AvgIpc) is 2.68. The van der Waals surface area contributed by atoms with Gasteiger partial charge >= 0.3 is 0 Å². The molecule has 2 aromatic rings. The number of aromatic nitrogens is 2. The van der Waals surface area contributed by atoms with Crippen LogP contribution in [-0.4, -0.2) is 16.4 Å². The Morgan fingerprint density at radius 2 is 2.29 bits per heavy atom. The van der Waals surface area contributed by atoms with Crippen molar-refractivity contribution >= 4 is 26.8 Å². The van der Waals surface area contributed by atoms with Gasteiger partial charge in [0.25, 0.3) is 0 Å². The van der Waals surface area contributed by atoms with Crippen molar-refractivity contribution in [1.82, 2.24) is 9.78 Å². The number of benzene rings is 1. The standard InChI is InChI=1S/C13H15BrN2O/c1-9-5-6-11-10(8-9)13(14)15-16(11)12-4-2-3-7-17-12/h5-6,8,12H,2-4,7H2,1H3. The highest BCUT2D eigenvalue weighted by atomic mass is 79.9. The summed E-state index contributed by atoms with van der Waals surface area (Å²) < 4.78 is 8.71. The molecule has 1 aliphatic rings. The van der Waals surface area contributed by atoms with Crippen molar-refractivity contribution in [1.29, 1.82) is 0 Å². The van der Waals surface area contributed by atoms with Gasteiger partial charge in [-0.25, -0.2) is 4.68 Å². The topological polar surface area (TPSA) is 27.1 Å². The van der Waals surface area contributed by atoms with Gasteiger partial charge < -0.3 is 4.74 Å². The molecule has 4 heteroatoms. The van der Waals surface area contributed by atoms with Crippen LogP contribution in [-0.2, 0) is 4.74 Å². The molecule has 1 aromatic carbocycles. The fourth-order valence-electron chi connectivity index (χ4n) is 2.35. The molecule has 0 spiro atoms. The fourth-order valence-corrected chi connectivity index (χ4v) is 2.84. The van der Waals surface area contributed by atoms with E-state index in [9.17, 15) is 0 Å². The van der Waals surface area contributed by atoms with Crippen LogP contribution >= 0.6 is 15.9 Å². The Kier molecular flexibility index (Phi) is 2.92. The van der Waals surface area contributed by atoms with Gasteiger partial charge in [0.15, 0.2) is 6.23 Å². The second-order valence-corrected chi connectivity index (χ2v) is 5.33. The smallest absolute Gasteiger partial charge is 0.150 e. The zero-order valence-electron chi connectivity index (χ0n) is 9.82. The van der Waals surface area contributed by atoms with Gasteiger partial charge in [0.2, 0.25) is 0 Å². The predicted octanol–water partition coefficient (Wildman–Crippen LogP) is 3.81. The summed E-state index contributed by atoms with van der Waals surface area (Å²) in [6, 6.07) is 6.40. The van der Waals surface area contributed by atoms with Crippen LogP contribution in [0.2, 0.25) is 0 Å². The monoisotopic (exact) mass is 294 g/mol. The molecule has 0 saturated carbocycles. The van der Waals surface area contributed by atoms with Crippen LogP contribution in [0.1, 0.15) is 31.1 Å². The Hall–Kier alpha value is -0.870. The van der Waals surface area contributed by atoms with Gasteiger partial charge in [-0.1, -0.05) is 11.6 Å². The first-order valence-corrected chi connectivity index (χ1v) is 6.81. The first-order chi connectivity index (χ1) is 8.25. The molecular weight excluding hydrogens is 280 g/mol. The van der Waals surface area contributed by atoms with Crippen molar-refractivity contribution in [3.05, 3.63) is 28.4 Å². The second-order valence-electron chi connectivity index (χ2n) is 4.58. The number of ether oxygens (including phenoxy) is 1. The lowest BCUT2D eigenvalue weighted by Crippen LogP contribution is -2.19. The average molecular weight is 295 g/mol. The van der Waals surface area contributed by atoms with Crippen LogP contribution in [0.3, 0.4) is 0 Å². The number of aryl methyl sites for hydroxylation is 1. The molecule has 3 rings (SSSR count). The summed E-state index contributed by atoms with van der Waals surface area (Å²) in [6.07, 6.45) is 3.53. The summed E-state index contributed by atoms with van der Waals surface area (Å²) >= 11 is 3.53. The number of halogens is 1. The molecule has 0 N–H and O–H groups in total.